The first-order valence-corrected chi connectivity index (χ1v) is 10.9. The SMILES string of the molecule is CCOC(=O)Cc1nc(Nc2ccccc2CC)c(=O)[nH]c1CSc1ccccc1. The third-order valence-electron chi connectivity index (χ3n) is 4.47. The highest BCUT2D eigenvalue weighted by molar-refractivity contribution is 7.98. The molecule has 3 rings (SSSR count). The Balaban J connectivity index is 1.90. The van der Waals surface area contributed by atoms with Gasteiger partial charge in [0.15, 0.2) is 5.82 Å². The van der Waals surface area contributed by atoms with E-state index in [2.05, 4.69) is 15.3 Å². The van der Waals surface area contributed by atoms with Gasteiger partial charge in [-0.3, -0.25) is 9.59 Å². The van der Waals surface area contributed by atoms with Crippen LogP contribution in [-0.4, -0.2) is 22.5 Å². The van der Waals surface area contributed by atoms with Crippen molar-refractivity contribution in [2.24, 2.45) is 0 Å². The Hall–Kier alpha value is -3.06. The van der Waals surface area contributed by atoms with Crippen LogP contribution in [0.1, 0.15) is 30.8 Å². The molecular weight excluding hydrogens is 398 g/mol. The van der Waals surface area contributed by atoms with Crippen molar-refractivity contribution in [3.8, 4) is 0 Å². The lowest BCUT2D eigenvalue weighted by Crippen LogP contribution is -2.21. The molecule has 2 aromatic carbocycles. The second-order valence-corrected chi connectivity index (χ2v) is 7.61. The molecule has 0 saturated carbocycles. The zero-order valence-electron chi connectivity index (χ0n) is 17.1. The van der Waals surface area contributed by atoms with Crippen LogP contribution in [0.3, 0.4) is 0 Å². The van der Waals surface area contributed by atoms with Crippen LogP contribution in [0.2, 0.25) is 0 Å². The summed E-state index contributed by atoms with van der Waals surface area (Å²) in [6, 6.07) is 17.6. The lowest BCUT2D eigenvalue weighted by atomic mass is 10.1. The summed E-state index contributed by atoms with van der Waals surface area (Å²) >= 11 is 1.57. The van der Waals surface area contributed by atoms with Gasteiger partial charge in [-0.15, -0.1) is 11.8 Å². The smallest absolute Gasteiger partial charge is 0.311 e. The summed E-state index contributed by atoms with van der Waals surface area (Å²) in [5.74, 6) is 0.291. The van der Waals surface area contributed by atoms with Gasteiger partial charge in [0.25, 0.3) is 5.56 Å². The van der Waals surface area contributed by atoms with Gasteiger partial charge in [0.1, 0.15) is 0 Å². The summed E-state index contributed by atoms with van der Waals surface area (Å²) in [6.07, 6.45) is 0.821. The normalized spacial score (nSPS) is 10.6. The number of para-hydroxylation sites is 1. The molecule has 0 aliphatic rings. The minimum Gasteiger partial charge on any atom is -0.466 e. The van der Waals surface area contributed by atoms with Crippen LogP contribution in [0.5, 0.6) is 0 Å². The number of nitrogens with one attached hydrogen (secondary N) is 2. The molecule has 3 aromatic rings. The third-order valence-corrected chi connectivity index (χ3v) is 5.51. The number of aromatic amines is 1. The van der Waals surface area contributed by atoms with Crippen molar-refractivity contribution in [1.29, 1.82) is 0 Å². The molecule has 0 saturated heterocycles. The van der Waals surface area contributed by atoms with Crippen LogP contribution in [0.25, 0.3) is 0 Å². The number of nitrogens with zero attached hydrogens (tertiary/aromatic N) is 1. The van der Waals surface area contributed by atoms with E-state index >= 15 is 0 Å². The predicted molar refractivity (Wildman–Crippen MR) is 120 cm³/mol. The van der Waals surface area contributed by atoms with Gasteiger partial charge < -0.3 is 15.0 Å². The molecule has 1 aromatic heterocycles. The Morgan fingerprint density at radius 2 is 1.83 bits per heavy atom. The highest BCUT2D eigenvalue weighted by atomic mass is 32.2. The van der Waals surface area contributed by atoms with Crippen molar-refractivity contribution in [2.75, 3.05) is 11.9 Å². The van der Waals surface area contributed by atoms with Crippen molar-refractivity contribution in [2.45, 2.75) is 37.3 Å². The molecule has 0 fully saturated rings. The number of anilines is 2. The van der Waals surface area contributed by atoms with Crippen molar-refractivity contribution >= 4 is 29.2 Å². The molecular formula is C23H25N3O3S. The zero-order chi connectivity index (χ0) is 21.3. The number of aryl methyl sites for hydroxylation is 1. The van der Waals surface area contributed by atoms with E-state index in [0.717, 1.165) is 22.6 Å². The van der Waals surface area contributed by atoms with Crippen LogP contribution < -0.4 is 10.9 Å². The molecule has 30 heavy (non-hydrogen) atoms. The molecule has 2 N–H and O–H groups in total. The van der Waals surface area contributed by atoms with E-state index in [-0.39, 0.29) is 23.8 Å². The quantitative estimate of drug-likeness (QED) is 0.390. The van der Waals surface area contributed by atoms with Crippen molar-refractivity contribution in [3.63, 3.8) is 0 Å². The molecule has 7 heteroatoms. The summed E-state index contributed by atoms with van der Waals surface area (Å²) in [5, 5.41) is 3.12. The Kier molecular flexibility index (Phi) is 7.68. The monoisotopic (exact) mass is 423 g/mol. The number of ether oxygens (including phenoxy) is 1. The van der Waals surface area contributed by atoms with Gasteiger partial charge >= 0.3 is 5.97 Å². The summed E-state index contributed by atoms with van der Waals surface area (Å²) in [7, 11) is 0. The highest BCUT2D eigenvalue weighted by Crippen LogP contribution is 2.24. The number of hydrogen-bond donors (Lipinski definition) is 2. The van der Waals surface area contributed by atoms with E-state index in [4.69, 9.17) is 4.74 Å². The number of H-pyrrole nitrogens is 1. The molecule has 0 amide bonds. The number of hydrogen-bond acceptors (Lipinski definition) is 6. The summed E-state index contributed by atoms with van der Waals surface area (Å²) in [6.45, 7) is 4.11. The van der Waals surface area contributed by atoms with Gasteiger partial charge in [0.2, 0.25) is 0 Å². The van der Waals surface area contributed by atoms with Crippen LogP contribution in [-0.2, 0) is 28.1 Å². The first-order chi connectivity index (χ1) is 14.6. The zero-order valence-corrected chi connectivity index (χ0v) is 17.9. The second kappa shape index (κ2) is 10.6. The van der Waals surface area contributed by atoms with Crippen molar-refractivity contribution in [1.82, 2.24) is 9.97 Å². The van der Waals surface area contributed by atoms with Crippen molar-refractivity contribution < 1.29 is 9.53 Å². The van der Waals surface area contributed by atoms with Gasteiger partial charge in [-0.1, -0.05) is 43.3 Å². The number of thioether (sulfide) groups is 1. The Bertz CT molecular complexity index is 1050. The lowest BCUT2D eigenvalue weighted by Gasteiger charge is -2.13. The van der Waals surface area contributed by atoms with Gasteiger partial charge in [-0.2, -0.15) is 0 Å². The summed E-state index contributed by atoms with van der Waals surface area (Å²) in [4.78, 5) is 33.3. The molecule has 6 nitrogen and oxygen atoms in total. The average molecular weight is 424 g/mol. The highest BCUT2D eigenvalue weighted by Gasteiger charge is 2.16. The Morgan fingerprint density at radius 3 is 2.57 bits per heavy atom. The maximum absolute atomic E-state index is 12.7. The molecule has 0 aliphatic carbocycles. The minimum absolute atomic E-state index is 0.000588. The standard InChI is InChI=1S/C23H25N3O3S/c1-3-16-10-8-9-13-18(16)24-22-23(28)26-20(15-30-17-11-6-5-7-12-17)19(25-22)14-21(27)29-4-2/h5-13H,3-4,14-15H2,1-2H3,(H,24,25)(H,26,28). The minimum atomic E-state index is -0.372. The van der Waals surface area contributed by atoms with E-state index < -0.39 is 0 Å². The fourth-order valence-electron chi connectivity index (χ4n) is 2.97. The molecule has 0 spiro atoms. The van der Waals surface area contributed by atoms with Crippen LogP contribution >= 0.6 is 11.8 Å². The number of rotatable bonds is 9. The molecule has 156 valence electrons. The summed E-state index contributed by atoms with van der Waals surface area (Å²) in [5.41, 5.74) is 2.71. The van der Waals surface area contributed by atoms with E-state index in [9.17, 15) is 9.59 Å². The number of carbonyl (C=O) groups excluding carboxylic acids is 1. The molecule has 0 unspecified atom stereocenters. The third kappa shape index (κ3) is 5.73. The van der Waals surface area contributed by atoms with Crippen molar-refractivity contribution in [3.05, 3.63) is 81.9 Å². The van der Waals surface area contributed by atoms with Gasteiger partial charge in [-0.25, -0.2) is 4.98 Å². The number of aromatic nitrogens is 2. The Labute approximate surface area is 180 Å². The maximum atomic E-state index is 12.7. The van der Waals surface area contributed by atoms with Crippen LogP contribution in [0.4, 0.5) is 11.5 Å². The van der Waals surface area contributed by atoms with E-state index in [0.29, 0.717) is 23.7 Å². The topological polar surface area (TPSA) is 84.1 Å². The number of benzene rings is 2. The first-order valence-electron chi connectivity index (χ1n) is 9.91. The fourth-order valence-corrected chi connectivity index (χ4v) is 3.87. The first kappa shape index (κ1) is 21.6. The number of esters is 1. The van der Waals surface area contributed by atoms with Gasteiger partial charge in [-0.05, 0) is 37.1 Å². The fraction of sp³-hybridized carbons (Fsp3) is 0.261. The molecule has 0 radical (unpaired) electrons. The van der Waals surface area contributed by atoms with Gasteiger partial charge in [0.05, 0.1) is 24.4 Å². The number of carbonyl (C=O) groups is 1. The molecule has 0 aliphatic heterocycles. The largest absolute Gasteiger partial charge is 0.466 e. The van der Waals surface area contributed by atoms with E-state index in [1.807, 2.05) is 61.5 Å². The van der Waals surface area contributed by atoms with E-state index in [1.165, 1.54) is 0 Å². The molecule has 0 bridgehead atoms. The maximum Gasteiger partial charge on any atom is 0.311 e. The Morgan fingerprint density at radius 1 is 1.10 bits per heavy atom. The second-order valence-electron chi connectivity index (χ2n) is 6.56. The molecule has 0 atom stereocenters. The molecule has 1 heterocycles. The van der Waals surface area contributed by atoms with Gasteiger partial charge in [0, 0.05) is 16.3 Å². The van der Waals surface area contributed by atoms with Crippen LogP contribution in [0.15, 0.2) is 64.3 Å². The average Bonchev–Trinajstić information content (AvgIpc) is 2.76. The summed E-state index contributed by atoms with van der Waals surface area (Å²) < 4.78 is 5.09. The lowest BCUT2D eigenvalue weighted by molar-refractivity contribution is -0.142. The predicted octanol–water partition coefficient (Wildman–Crippen LogP) is 4.47. The van der Waals surface area contributed by atoms with E-state index in [1.54, 1.807) is 18.7 Å². The van der Waals surface area contributed by atoms with Crippen LogP contribution in [0, 0.1) is 0 Å².